The first-order chi connectivity index (χ1) is 8.25. The number of fused-ring (bicyclic) bond motifs is 1. The van der Waals surface area contributed by atoms with E-state index < -0.39 is 0 Å². The number of likely N-dealkylation sites (tertiary alicyclic amines) is 1. The van der Waals surface area contributed by atoms with E-state index in [9.17, 15) is 9.59 Å². The summed E-state index contributed by atoms with van der Waals surface area (Å²) in [6.07, 6.45) is 4.34. The van der Waals surface area contributed by atoms with Crippen LogP contribution in [-0.2, 0) is 4.79 Å². The summed E-state index contributed by atoms with van der Waals surface area (Å²) in [5, 5.41) is 0. The zero-order valence-electron chi connectivity index (χ0n) is 10.1. The van der Waals surface area contributed by atoms with Crippen LogP contribution >= 0.6 is 0 Å². The summed E-state index contributed by atoms with van der Waals surface area (Å²) in [7, 11) is 0. The highest BCUT2D eigenvalue weighted by molar-refractivity contribution is 5.86. The van der Waals surface area contributed by atoms with Crippen molar-refractivity contribution in [3.63, 3.8) is 0 Å². The van der Waals surface area contributed by atoms with E-state index in [1.54, 1.807) is 4.90 Å². The van der Waals surface area contributed by atoms with Crippen LogP contribution in [0.4, 0.5) is 4.79 Å². The maximum absolute atomic E-state index is 12.2. The predicted molar refractivity (Wildman–Crippen MR) is 62.5 cm³/mol. The molecule has 17 heavy (non-hydrogen) atoms. The molecule has 0 aromatic carbocycles. The van der Waals surface area contributed by atoms with Gasteiger partial charge in [0.2, 0.25) is 5.91 Å². The third kappa shape index (κ3) is 1.87. The van der Waals surface area contributed by atoms with E-state index in [2.05, 4.69) is 0 Å². The lowest BCUT2D eigenvalue weighted by molar-refractivity contribution is -0.136. The lowest BCUT2D eigenvalue weighted by Gasteiger charge is -2.38. The van der Waals surface area contributed by atoms with Crippen LogP contribution in [0, 0.1) is 0 Å². The highest BCUT2D eigenvalue weighted by Crippen LogP contribution is 2.23. The van der Waals surface area contributed by atoms with Gasteiger partial charge in [-0.05, 0) is 25.7 Å². The third-order valence-corrected chi connectivity index (χ3v) is 4.10. The Morgan fingerprint density at radius 1 is 1.06 bits per heavy atom. The number of rotatable bonds is 0. The van der Waals surface area contributed by atoms with Crippen LogP contribution in [0.15, 0.2) is 0 Å². The first-order valence-electron chi connectivity index (χ1n) is 6.59. The van der Waals surface area contributed by atoms with Gasteiger partial charge in [-0.1, -0.05) is 0 Å². The van der Waals surface area contributed by atoms with E-state index in [1.807, 2.05) is 9.80 Å². The molecule has 1 atom stereocenters. The van der Waals surface area contributed by atoms with E-state index in [0.717, 1.165) is 51.9 Å². The molecule has 5 nitrogen and oxygen atoms in total. The number of hydrogen-bond acceptors (Lipinski definition) is 2. The van der Waals surface area contributed by atoms with E-state index in [1.165, 1.54) is 0 Å². The van der Waals surface area contributed by atoms with Gasteiger partial charge in [0.05, 0.1) is 0 Å². The Bertz CT molecular complexity index is 339. The Balaban J connectivity index is 1.67. The molecule has 3 amide bonds. The second-order valence-corrected chi connectivity index (χ2v) is 5.24. The molecule has 3 aliphatic heterocycles. The molecule has 5 heteroatoms. The van der Waals surface area contributed by atoms with Crippen LogP contribution in [0.2, 0.25) is 0 Å². The molecular weight excluding hydrogens is 218 g/mol. The summed E-state index contributed by atoms with van der Waals surface area (Å²) in [6, 6.07) is 0.352. The molecular formula is C12H19N3O2. The summed E-state index contributed by atoms with van der Waals surface area (Å²) in [4.78, 5) is 29.7. The van der Waals surface area contributed by atoms with Crippen LogP contribution in [0.5, 0.6) is 0 Å². The van der Waals surface area contributed by atoms with Gasteiger partial charge >= 0.3 is 6.03 Å². The van der Waals surface area contributed by atoms with Crippen molar-refractivity contribution in [1.82, 2.24) is 14.7 Å². The van der Waals surface area contributed by atoms with Gasteiger partial charge in [-0.15, -0.1) is 0 Å². The van der Waals surface area contributed by atoms with Crippen molar-refractivity contribution in [3.8, 4) is 0 Å². The summed E-state index contributed by atoms with van der Waals surface area (Å²) in [5.41, 5.74) is 0. The fraction of sp³-hybridized carbons (Fsp3) is 0.833. The minimum absolute atomic E-state index is 0.0717. The van der Waals surface area contributed by atoms with Crippen molar-refractivity contribution in [3.05, 3.63) is 0 Å². The molecule has 3 heterocycles. The molecule has 94 valence electrons. The topological polar surface area (TPSA) is 43.9 Å². The van der Waals surface area contributed by atoms with E-state index >= 15 is 0 Å². The number of piperazine rings is 1. The third-order valence-electron chi connectivity index (χ3n) is 4.10. The van der Waals surface area contributed by atoms with E-state index in [4.69, 9.17) is 0 Å². The molecule has 0 unspecified atom stereocenters. The van der Waals surface area contributed by atoms with Crippen LogP contribution in [0.1, 0.15) is 25.7 Å². The van der Waals surface area contributed by atoms with Gasteiger partial charge in [-0.3, -0.25) is 4.79 Å². The van der Waals surface area contributed by atoms with E-state index in [0.29, 0.717) is 0 Å². The van der Waals surface area contributed by atoms with Gasteiger partial charge in [0.15, 0.2) is 0 Å². The maximum Gasteiger partial charge on any atom is 0.320 e. The van der Waals surface area contributed by atoms with Gasteiger partial charge in [0, 0.05) is 32.2 Å². The summed E-state index contributed by atoms with van der Waals surface area (Å²) < 4.78 is 0. The monoisotopic (exact) mass is 237 g/mol. The second-order valence-electron chi connectivity index (χ2n) is 5.24. The Labute approximate surface area is 101 Å². The average molecular weight is 237 g/mol. The molecule has 0 spiro atoms. The SMILES string of the molecule is O=C(N1CCCC1)N1CC(=O)N2CCC[C@H]2C1. The molecule has 0 aromatic heterocycles. The highest BCUT2D eigenvalue weighted by Gasteiger charge is 2.38. The second kappa shape index (κ2) is 4.20. The quantitative estimate of drug-likeness (QED) is 0.616. The molecule has 0 bridgehead atoms. The van der Waals surface area contributed by atoms with Crippen LogP contribution in [-0.4, -0.2) is 65.4 Å². The first-order valence-corrected chi connectivity index (χ1v) is 6.59. The van der Waals surface area contributed by atoms with Crippen LogP contribution < -0.4 is 0 Å². The molecule has 3 saturated heterocycles. The van der Waals surface area contributed by atoms with Crippen molar-refractivity contribution in [2.75, 3.05) is 32.7 Å². The zero-order valence-corrected chi connectivity index (χ0v) is 10.1. The zero-order chi connectivity index (χ0) is 11.8. The molecule has 0 N–H and O–H groups in total. The highest BCUT2D eigenvalue weighted by atomic mass is 16.2. The molecule has 0 aromatic rings. The summed E-state index contributed by atoms with van der Waals surface area (Å²) in [5.74, 6) is 0.131. The number of carbonyl (C=O) groups excluding carboxylic acids is 2. The maximum atomic E-state index is 12.2. The van der Waals surface area contributed by atoms with Crippen LogP contribution in [0.3, 0.4) is 0 Å². The Morgan fingerprint density at radius 2 is 1.82 bits per heavy atom. The van der Waals surface area contributed by atoms with E-state index in [-0.39, 0.29) is 24.5 Å². The number of hydrogen-bond donors (Lipinski definition) is 0. The minimum atomic E-state index is 0.0717. The molecule has 0 saturated carbocycles. The smallest absolute Gasteiger partial charge is 0.320 e. The number of nitrogens with zero attached hydrogens (tertiary/aromatic N) is 3. The Morgan fingerprint density at radius 3 is 2.59 bits per heavy atom. The average Bonchev–Trinajstić information content (AvgIpc) is 2.98. The predicted octanol–water partition coefficient (Wildman–Crippen LogP) is 0.509. The lowest BCUT2D eigenvalue weighted by Crippen LogP contribution is -2.57. The van der Waals surface area contributed by atoms with Gasteiger partial charge < -0.3 is 14.7 Å². The fourth-order valence-electron chi connectivity index (χ4n) is 3.18. The van der Waals surface area contributed by atoms with Crippen molar-refractivity contribution in [2.45, 2.75) is 31.7 Å². The molecule has 3 rings (SSSR count). The Hall–Kier alpha value is -1.26. The molecule has 3 fully saturated rings. The van der Waals surface area contributed by atoms with Gasteiger partial charge in [0.1, 0.15) is 6.54 Å². The van der Waals surface area contributed by atoms with Crippen LogP contribution in [0.25, 0.3) is 0 Å². The van der Waals surface area contributed by atoms with Gasteiger partial charge in [-0.2, -0.15) is 0 Å². The standard InChI is InChI=1S/C12H19N3O2/c16-11-9-14(8-10-4-3-7-15(10)11)12(17)13-5-1-2-6-13/h10H,1-9H2/t10-/m0/s1. The number of amides is 3. The normalized spacial score (nSPS) is 28.8. The van der Waals surface area contributed by atoms with Gasteiger partial charge in [0.25, 0.3) is 0 Å². The minimum Gasteiger partial charge on any atom is -0.336 e. The molecule has 0 aliphatic carbocycles. The summed E-state index contributed by atoms with van der Waals surface area (Å²) >= 11 is 0. The lowest BCUT2D eigenvalue weighted by atomic mass is 10.1. The van der Waals surface area contributed by atoms with Crippen molar-refractivity contribution >= 4 is 11.9 Å². The van der Waals surface area contributed by atoms with Crippen molar-refractivity contribution < 1.29 is 9.59 Å². The number of urea groups is 1. The molecule has 3 aliphatic rings. The Kier molecular flexibility index (Phi) is 2.68. The fourth-order valence-corrected chi connectivity index (χ4v) is 3.18. The van der Waals surface area contributed by atoms with Crippen molar-refractivity contribution in [2.24, 2.45) is 0 Å². The number of carbonyl (C=O) groups is 2. The first kappa shape index (κ1) is 10.9. The summed E-state index contributed by atoms with van der Waals surface area (Å²) in [6.45, 7) is 3.62. The largest absolute Gasteiger partial charge is 0.336 e. The van der Waals surface area contributed by atoms with Crippen molar-refractivity contribution in [1.29, 1.82) is 0 Å². The molecule has 0 radical (unpaired) electrons. The van der Waals surface area contributed by atoms with Gasteiger partial charge in [-0.25, -0.2) is 4.79 Å².